The fourth-order valence-corrected chi connectivity index (χ4v) is 2.06. The Labute approximate surface area is 112 Å². The van der Waals surface area contributed by atoms with Gasteiger partial charge in [0.25, 0.3) is 0 Å². The largest absolute Gasteiger partial charge is 0.277 e. The van der Waals surface area contributed by atoms with Gasteiger partial charge in [-0.25, -0.2) is 0 Å². The van der Waals surface area contributed by atoms with Crippen molar-refractivity contribution in [3.63, 3.8) is 0 Å². The number of hydrogen-bond acceptors (Lipinski definition) is 3. The minimum atomic E-state index is 0.864. The maximum atomic E-state index is 4.29. The molecule has 5 heteroatoms. The summed E-state index contributed by atoms with van der Waals surface area (Å²) >= 11 is 3.40. The average molecular weight is 301 g/mol. The highest BCUT2D eigenvalue weighted by atomic mass is 79.9. The van der Waals surface area contributed by atoms with Crippen LogP contribution in [0.4, 0.5) is 0 Å². The molecule has 3 heterocycles. The molecule has 0 radical (unpaired) electrons. The lowest BCUT2D eigenvalue weighted by atomic mass is 10.1. The summed E-state index contributed by atoms with van der Waals surface area (Å²) < 4.78 is 0.936. The van der Waals surface area contributed by atoms with E-state index in [9.17, 15) is 0 Å². The van der Waals surface area contributed by atoms with Gasteiger partial charge in [-0.3, -0.25) is 15.1 Å². The Bertz CT molecular complexity index is 664. The first kappa shape index (κ1) is 11.1. The van der Waals surface area contributed by atoms with Gasteiger partial charge < -0.3 is 0 Å². The van der Waals surface area contributed by atoms with Crippen molar-refractivity contribution < 1.29 is 0 Å². The molecule has 0 bridgehead atoms. The second kappa shape index (κ2) is 4.70. The molecule has 0 fully saturated rings. The summed E-state index contributed by atoms with van der Waals surface area (Å²) in [6.45, 7) is 0. The molecular formula is C13H9BrN4. The Morgan fingerprint density at radius 3 is 2.67 bits per heavy atom. The van der Waals surface area contributed by atoms with Crippen LogP contribution in [0.3, 0.4) is 0 Å². The second-order valence-electron chi connectivity index (χ2n) is 3.80. The van der Waals surface area contributed by atoms with Crippen molar-refractivity contribution in [1.82, 2.24) is 20.2 Å². The molecule has 0 amide bonds. The maximum Gasteiger partial charge on any atom is 0.0943 e. The first-order valence-electron chi connectivity index (χ1n) is 5.40. The lowest BCUT2D eigenvalue weighted by molar-refractivity contribution is 1.09. The Kier molecular flexibility index (Phi) is 2.90. The molecule has 0 saturated carbocycles. The van der Waals surface area contributed by atoms with Crippen molar-refractivity contribution in [3.05, 3.63) is 53.5 Å². The molecule has 0 aliphatic heterocycles. The number of halogens is 1. The molecule has 0 atom stereocenters. The van der Waals surface area contributed by atoms with E-state index in [1.165, 1.54) is 0 Å². The highest BCUT2D eigenvalue weighted by molar-refractivity contribution is 9.10. The Morgan fingerprint density at radius 1 is 1.00 bits per heavy atom. The van der Waals surface area contributed by atoms with E-state index in [-0.39, 0.29) is 0 Å². The SMILES string of the molecule is Brc1cncc(-c2cc(-c3cccnc3)[nH]n2)c1. The molecule has 1 N–H and O–H groups in total. The summed E-state index contributed by atoms with van der Waals surface area (Å²) in [6.07, 6.45) is 7.08. The smallest absolute Gasteiger partial charge is 0.0943 e. The molecule has 4 nitrogen and oxygen atoms in total. The van der Waals surface area contributed by atoms with E-state index in [2.05, 4.69) is 36.1 Å². The number of aromatic amines is 1. The van der Waals surface area contributed by atoms with Crippen LogP contribution in [0.15, 0.2) is 53.5 Å². The van der Waals surface area contributed by atoms with Crippen molar-refractivity contribution in [2.75, 3.05) is 0 Å². The van der Waals surface area contributed by atoms with Crippen LogP contribution in [0, 0.1) is 0 Å². The third-order valence-corrected chi connectivity index (χ3v) is 2.98. The predicted octanol–water partition coefficient (Wildman–Crippen LogP) is 3.30. The van der Waals surface area contributed by atoms with Gasteiger partial charge in [-0.15, -0.1) is 0 Å². The van der Waals surface area contributed by atoms with Gasteiger partial charge >= 0.3 is 0 Å². The molecule has 0 spiro atoms. The van der Waals surface area contributed by atoms with Crippen LogP contribution in [0.2, 0.25) is 0 Å². The number of pyridine rings is 2. The quantitative estimate of drug-likeness (QED) is 0.790. The van der Waals surface area contributed by atoms with Crippen LogP contribution in [0.25, 0.3) is 22.5 Å². The van der Waals surface area contributed by atoms with Crippen LogP contribution in [-0.4, -0.2) is 20.2 Å². The highest BCUT2D eigenvalue weighted by Gasteiger charge is 2.06. The van der Waals surface area contributed by atoms with E-state index in [0.29, 0.717) is 0 Å². The Morgan fingerprint density at radius 2 is 1.89 bits per heavy atom. The lowest BCUT2D eigenvalue weighted by Crippen LogP contribution is -1.80. The number of hydrogen-bond donors (Lipinski definition) is 1. The summed E-state index contributed by atoms with van der Waals surface area (Å²) in [4.78, 5) is 8.22. The lowest BCUT2D eigenvalue weighted by Gasteiger charge is -1.95. The zero-order valence-corrected chi connectivity index (χ0v) is 10.9. The summed E-state index contributed by atoms with van der Waals surface area (Å²) in [6, 6.07) is 7.86. The minimum Gasteiger partial charge on any atom is -0.277 e. The van der Waals surface area contributed by atoms with Gasteiger partial charge in [0.15, 0.2) is 0 Å². The minimum absolute atomic E-state index is 0.864. The molecule has 18 heavy (non-hydrogen) atoms. The fourth-order valence-electron chi connectivity index (χ4n) is 1.69. The molecular weight excluding hydrogens is 292 g/mol. The second-order valence-corrected chi connectivity index (χ2v) is 4.72. The first-order valence-corrected chi connectivity index (χ1v) is 6.19. The molecule has 3 aromatic heterocycles. The van der Waals surface area contributed by atoms with Gasteiger partial charge in [0, 0.05) is 40.4 Å². The number of nitrogens with zero attached hydrogens (tertiary/aromatic N) is 3. The van der Waals surface area contributed by atoms with Gasteiger partial charge in [0.2, 0.25) is 0 Å². The van der Waals surface area contributed by atoms with E-state index < -0.39 is 0 Å². The Balaban J connectivity index is 2.00. The maximum absolute atomic E-state index is 4.29. The van der Waals surface area contributed by atoms with Gasteiger partial charge in [-0.1, -0.05) is 0 Å². The summed E-state index contributed by atoms with van der Waals surface area (Å²) in [5.74, 6) is 0. The van der Waals surface area contributed by atoms with E-state index in [4.69, 9.17) is 0 Å². The number of aromatic nitrogens is 4. The van der Waals surface area contributed by atoms with Crippen LogP contribution < -0.4 is 0 Å². The molecule has 3 rings (SSSR count). The summed E-state index contributed by atoms with van der Waals surface area (Å²) in [5, 5.41) is 7.30. The van der Waals surface area contributed by atoms with Crippen LogP contribution in [0.5, 0.6) is 0 Å². The van der Waals surface area contributed by atoms with Crippen LogP contribution in [-0.2, 0) is 0 Å². The summed E-state index contributed by atoms with van der Waals surface area (Å²) in [5.41, 5.74) is 3.79. The Hall–Kier alpha value is -2.01. The molecule has 0 aliphatic rings. The van der Waals surface area contributed by atoms with Gasteiger partial charge in [0.1, 0.15) is 0 Å². The topological polar surface area (TPSA) is 54.5 Å². The molecule has 0 saturated heterocycles. The van der Waals surface area contributed by atoms with E-state index in [0.717, 1.165) is 27.0 Å². The monoisotopic (exact) mass is 300 g/mol. The van der Waals surface area contributed by atoms with Gasteiger partial charge in [-0.2, -0.15) is 5.10 Å². The van der Waals surface area contributed by atoms with E-state index in [1.807, 2.05) is 24.3 Å². The van der Waals surface area contributed by atoms with Crippen molar-refractivity contribution >= 4 is 15.9 Å². The third kappa shape index (κ3) is 2.17. The number of H-pyrrole nitrogens is 1. The molecule has 0 aromatic carbocycles. The average Bonchev–Trinajstić information content (AvgIpc) is 2.89. The van der Waals surface area contributed by atoms with Crippen molar-refractivity contribution in [3.8, 4) is 22.5 Å². The van der Waals surface area contributed by atoms with Crippen LogP contribution in [0.1, 0.15) is 0 Å². The number of rotatable bonds is 2. The van der Waals surface area contributed by atoms with Crippen molar-refractivity contribution in [2.24, 2.45) is 0 Å². The zero-order chi connectivity index (χ0) is 12.4. The number of nitrogens with one attached hydrogen (secondary N) is 1. The summed E-state index contributed by atoms with van der Waals surface area (Å²) in [7, 11) is 0. The molecule has 0 unspecified atom stereocenters. The van der Waals surface area contributed by atoms with Crippen LogP contribution >= 0.6 is 15.9 Å². The zero-order valence-electron chi connectivity index (χ0n) is 9.34. The predicted molar refractivity (Wildman–Crippen MR) is 72.7 cm³/mol. The van der Waals surface area contributed by atoms with E-state index >= 15 is 0 Å². The normalized spacial score (nSPS) is 10.5. The standard InChI is InChI=1S/C13H9BrN4/c14-11-4-10(7-16-8-11)13-5-12(17-18-13)9-2-1-3-15-6-9/h1-8H,(H,17,18). The first-order chi connectivity index (χ1) is 8.83. The third-order valence-electron chi connectivity index (χ3n) is 2.55. The molecule has 0 aliphatic carbocycles. The highest BCUT2D eigenvalue weighted by Crippen LogP contribution is 2.24. The van der Waals surface area contributed by atoms with Crippen molar-refractivity contribution in [1.29, 1.82) is 0 Å². The van der Waals surface area contributed by atoms with E-state index in [1.54, 1.807) is 24.8 Å². The molecule has 88 valence electrons. The fraction of sp³-hybridized carbons (Fsp3) is 0. The van der Waals surface area contributed by atoms with Gasteiger partial charge in [-0.05, 0) is 40.2 Å². The van der Waals surface area contributed by atoms with Gasteiger partial charge in [0.05, 0.1) is 11.4 Å². The molecule has 3 aromatic rings. The van der Waals surface area contributed by atoms with Crippen molar-refractivity contribution in [2.45, 2.75) is 0 Å².